The second kappa shape index (κ2) is 6.71. The van der Waals surface area contributed by atoms with Gasteiger partial charge in [0.05, 0.1) is 11.6 Å². The molecule has 0 amide bonds. The SMILES string of the molecule is COc1cc(C=O)cc(Br)c1OCc1nc(C(C)C)no1. The van der Waals surface area contributed by atoms with Crippen LogP contribution in [0.3, 0.4) is 0 Å². The molecule has 1 heterocycles. The van der Waals surface area contributed by atoms with Crippen molar-refractivity contribution in [2.75, 3.05) is 7.11 Å². The Kier molecular flexibility index (Phi) is 4.95. The van der Waals surface area contributed by atoms with Crippen molar-refractivity contribution >= 4 is 22.2 Å². The Hall–Kier alpha value is -1.89. The molecule has 0 saturated carbocycles. The highest BCUT2D eigenvalue weighted by Gasteiger charge is 2.15. The van der Waals surface area contributed by atoms with Crippen LogP contribution in [0.1, 0.15) is 41.8 Å². The van der Waals surface area contributed by atoms with Gasteiger partial charge >= 0.3 is 0 Å². The van der Waals surface area contributed by atoms with Gasteiger partial charge in [0.15, 0.2) is 23.9 Å². The molecule has 0 aliphatic rings. The van der Waals surface area contributed by atoms with Crippen molar-refractivity contribution < 1.29 is 18.8 Å². The third-order valence-corrected chi connectivity index (χ3v) is 3.32. The lowest BCUT2D eigenvalue weighted by molar-refractivity contribution is 0.112. The minimum Gasteiger partial charge on any atom is -0.493 e. The summed E-state index contributed by atoms with van der Waals surface area (Å²) in [6, 6.07) is 3.25. The summed E-state index contributed by atoms with van der Waals surface area (Å²) in [6.07, 6.45) is 0.740. The van der Waals surface area contributed by atoms with Crippen LogP contribution in [-0.4, -0.2) is 23.5 Å². The Bertz CT molecular complexity index is 640. The molecule has 0 aliphatic carbocycles. The fourth-order valence-corrected chi connectivity index (χ4v) is 2.22. The summed E-state index contributed by atoms with van der Waals surface area (Å²) in [7, 11) is 1.51. The Balaban J connectivity index is 2.17. The Morgan fingerprint density at radius 1 is 1.43 bits per heavy atom. The molecule has 0 spiro atoms. The lowest BCUT2D eigenvalue weighted by Gasteiger charge is -2.11. The maximum Gasteiger partial charge on any atom is 0.264 e. The van der Waals surface area contributed by atoms with Gasteiger partial charge in [0.25, 0.3) is 5.89 Å². The van der Waals surface area contributed by atoms with Gasteiger partial charge in [-0.1, -0.05) is 19.0 Å². The van der Waals surface area contributed by atoms with Crippen molar-refractivity contribution in [2.45, 2.75) is 26.4 Å². The van der Waals surface area contributed by atoms with Crippen LogP contribution in [0, 0.1) is 0 Å². The molecule has 0 radical (unpaired) electrons. The summed E-state index contributed by atoms with van der Waals surface area (Å²) in [4.78, 5) is 15.1. The topological polar surface area (TPSA) is 74.5 Å². The third kappa shape index (κ3) is 3.60. The van der Waals surface area contributed by atoms with Gasteiger partial charge in [-0.2, -0.15) is 4.98 Å². The van der Waals surface area contributed by atoms with E-state index >= 15 is 0 Å². The zero-order valence-electron chi connectivity index (χ0n) is 11.9. The maximum atomic E-state index is 10.8. The van der Waals surface area contributed by atoms with E-state index in [0.29, 0.717) is 33.3 Å². The molecule has 0 fully saturated rings. The number of nitrogens with zero attached hydrogens (tertiary/aromatic N) is 2. The first-order valence-electron chi connectivity index (χ1n) is 6.33. The lowest BCUT2D eigenvalue weighted by atomic mass is 10.2. The van der Waals surface area contributed by atoms with E-state index in [0.717, 1.165) is 6.29 Å². The first-order chi connectivity index (χ1) is 10.0. The van der Waals surface area contributed by atoms with Crippen molar-refractivity contribution in [3.05, 3.63) is 33.9 Å². The van der Waals surface area contributed by atoms with E-state index in [1.807, 2.05) is 13.8 Å². The number of ether oxygens (including phenoxy) is 2. The molecule has 2 aromatic rings. The van der Waals surface area contributed by atoms with Gasteiger partial charge in [-0.05, 0) is 28.1 Å². The minimum absolute atomic E-state index is 0.120. The fourth-order valence-electron chi connectivity index (χ4n) is 1.64. The van der Waals surface area contributed by atoms with Gasteiger partial charge in [-0.3, -0.25) is 4.79 Å². The molecule has 2 rings (SSSR count). The molecule has 6 nitrogen and oxygen atoms in total. The van der Waals surface area contributed by atoms with Crippen LogP contribution in [0.25, 0.3) is 0 Å². The molecule has 1 aromatic carbocycles. The van der Waals surface area contributed by atoms with E-state index in [2.05, 4.69) is 26.1 Å². The molecule has 0 aliphatic heterocycles. The number of hydrogen-bond acceptors (Lipinski definition) is 6. The molecule has 7 heteroatoms. The number of hydrogen-bond donors (Lipinski definition) is 0. The average Bonchev–Trinajstić information content (AvgIpc) is 2.94. The van der Waals surface area contributed by atoms with Crippen LogP contribution >= 0.6 is 15.9 Å². The van der Waals surface area contributed by atoms with E-state index in [1.165, 1.54) is 7.11 Å². The number of aromatic nitrogens is 2. The quantitative estimate of drug-likeness (QED) is 0.740. The zero-order chi connectivity index (χ0) is 15.4. The number of carbonyl (C=O) groups is 1. The molecule has 0 bridgehead atoms. The van der Waals surface area contributed by atoms with Crippen LogP contribution in [-0.2, 0) is 6.61 Å². The Morgan fingerprint density at radius 3 is 2.76 bits per heavy atom. The van der Waals surface area contributed by atoms with Crippen LogP contribution < -0.4 is 9.47 Å². The summed E-state index contributed by atoms with van der Waals surface area (Å²) >= 11 is 3.35. The lowest BCUT2D eigenvalue weighted by Crippen LogP contribution is -2.00. The van der Waals surface area contributed by atoms with Crippen LogP contribution in [0.15, 0.2) is 21.1 Å². The van der Waals surface area contributed by atoms with Crippen molar-refractivity contribution in [2.24, 2.45) is 0 Å². The second-order valence-corrected chi connectivity index (χ2v) is 5.50. The first-order valence-corrected chi connectivity index (χ1v) is 7.12. The summed E-state index contributed by atoms with van der Waals surface area (Å²) in [6.45, 7) is 4.08. The van der Waals surface area contributed by atoms with Crippen LogP contribution in [0.4, 0.5) is 0 Å². The largest absolute Gasteiger partial charge is 0.493 e. The zero-order valence-corrected chi connectivity index (χ0v) is 13.5. The Morgan fingerprint density at radius 2 is 2.19 bits per heavy atom. The van der Waals surface area contributed by atoms with Gasteiger partial charge in [-0.15, -0.1) is 0 Å². The van der Waals surface area contributed by atoms with Crippen molar-refractivity contribution in [3.8, 4) is 11.5 Å². The molecule has 0 unspecified atom stereocenters. The standard InChI is InChI=1S/C14H15BrN2O4/c1-8(2)14-16-12(21-17-14)7-20-13-10(15)4-9(6-18)5-11(13)19-3/h4-6,8H,7H2,1-3H3. The van der Waals surface area contributed by atoms with Gasteiger partial charge in [0, 0.05) is 11.5 Å². The highest BCUT2D eigenvalue weighted by atomic mass is 79.9. The number of carbonyl (C=O) groups excluding carboxylic acids is 1. The molecular weight excluding hydrogens is 340 g/mol. The molecule has 0 N–H and O–H groups in total. The summed E-state index contributed by atoms with van der Waals surface area (Å²) in [5.41, 5.74) is 0.492. The minimum atomic E-state index is 0.120. The predicted octanol–water partition coefficient (Wildman–Crippen LogP) is 3.36. The molecule has 112 valence electrons. The van der Waals surface area contributed by atoms with Gasteiger partial charge < -0.3 is 14.0 Å². The third-order valence-electron chi connectivity index (χ3n) is 2.73. The van der Waals surface area contributed by atoms with Gasteiger partial charge in [0.2, 0.25) is 0 Å². The van der Waals surface area contributed by atoms with Crippen LogP contribution in [0.5, 0.6) is 11.5 Å². The van der Waals surface area contributed by atoms with Crippen molar-refractivity contribution in [3.63, 3.8) is 0 Å². The highest BCUT2D eigenvalue weighted by molar-refractivity contribution is 9.10. The summed E-state index contributed by atoms with van der Waals surface area (Å²) in [5.74, 6) is 2.14. The molecule has 0 saturated heterocycles. The number of benzene rings is 1. The predicted molar refractivity (Wildman–Crippen MR) is 78.8 cm³/mol. The van der Waals surface area contributed by atoms with E-state index in [9.17, 15) is 4.79 Å². The highest BCUT2D eigenvalue weighted by Crippen LogP contribution is 2.36. The number of methoxy groups -OCH3 is 1. The van der Waals surface area contributed by atoms with Crippen molar-refractivity contribution in [1.82, 2.24) is 10.1 Å². The Labute approximate surface area is 130 Å². The summed E-state index contributed by atoms with van der Waals surface area (Å²) < 4.78 is 16.6. The van der Waals surface area contributed by atoms with E-state index in [1.54, 1.807) is 12.1 Å². The van der Waals surface area contributed by atoms with E-state index < -0.39 is 0 Å². The fraction of sp³-hybridized carbons (Fsp3) is 0.357. The van der Waals surface area contributed by atoms with Gasteiger partial charge in [0.1, 0.15) is 6.29 Å². The van der Waals surface area contributed by atoms with Crippen LogP contribution in [0.2, 0.25) is 0 Å². The monoisotopic (exact) mass is 354 g/mol. The molecular formula is C14H15BrN2O4. The molecule has 1 aromatic heterocycles. The molecule has 21 heavy (non-hydrogen) atoms. The smallest absolute Gasteiger partial charge is 0.264 e. The van der Waals surface area contributed by atoms with Crippen molar-refractivity contribution in [1.29, 1.82) is 0 Å². The van der Waals surface area contributed by atoms with Gasteiger partial charge in [-0.25, -0.2) is 0 Å². The second-order valence-electron chi connectivity index (χ2n) is 4.64. The number of halogens is 1. The summed E-state index contributed by atoms with van der Waals surface area (Å²) in [5, 5.41) is 3.86. The first kappa shape index (κ1) is 15.5. The van der Waals surface area contributed by atoms with E-state index in [-0.39, 0.29) is 12.5 Å². The normalized spacial score (nSPS) is 10.7. The van der Waals surface area contributed by atoms with E-state index in [4.69, 9.17) is 14.0 Å². The number of rotatable bonds is 6. The molecule has 0 atom stereocenters. The average molecular weight is 355 g/mol. The maximum absolute atomic E-state index is 10.8. The number of aldehydes is 1.